The highest BCUT2D eigenvalue weighted by molar-refractivity contribution is 5.93. The lowest BCUT2D eigenvalue weighted by molar-refractivity contribution is 0.0231. The molecule has 4 nitrogen and oxygen atoms in total. The molecule has 1 heterocycles. The molecule has 1 unspecified atom stereocenters. The molecule has 19 heavy (non-hydrogen) atoms. The van der Waals surface area contributed by atoms with Crippen molar-refractivity contribution in [1.29, 1.82) is 0 Å². The Morgan fingerprint density at radius 1 is 1.53 bits per heavy atom. The van der Waals surface area contributed by atoms with Gasteiger partial charge in [0, 0.05) is 18.3 Å². The van der Waals surface area contributed by atoms with Gasteiger partial charge in [-0.15, -0.1) is 0 Å². The molecule has 3 rings (SSSR count). The number of hydrogen-bond donors (Lipinski definition) is 2. The van der Waals surface area contributed by atoms with Gasteiger partial charge in [-0.1, -0.05) is 6.92 Å². The molecule has 1 amide bonds. The Morgan fingerprint density at radius 3 is 2.84 bits per heavy atom. The Kier molecular flexibility index (Phi) is 3.35. The number of nitrogens with one attached hydrogen (secondary N) is 1. The van der Waals surface area contributed by atoms with Crippen LogP contribution in [0.4, 0.5) is 0 Å². The number of amides is 1. The SMILES string of the molecule is CCC(NC(=O)c1cccn1C1CC1)C1CC(O)C1. The fourth-order valence-electron chi connectivity index (χ4n) is 3.01. The van der Waals surface area contributed by atoms with Crippen molar-refractivity contribution in [1.82, 2.24) is 9.88 Å². The molecule has 0 aliphatic heterocycles. The second-order valence-corrected chi connectivity index (χ2v) is 5.91. The van der Waals surface area contributed by atoms with E-state index in [2.05, 4.69) is 16.8 Å². The third kappa shape index (κ3) is 2.54. The van der Waals surface area contributed by atoms with E-state index in [0.717, 1.165) is 25.0 Å². The van der Waals surface area contributed by atoms with Crippen molar-refractivity contribution in [2.24, 2.45) is 5.92 Å². The molecule has 1 aromatic rings. The molecule has 2 aliphatic carbocycles. The van der Waals surface area contributed by atoms with Crippen molar-refractivity contribution in [2.45, 2.75) is 57.2 Å². The summed E-state index contributed by atoms with van der Waals surface area (Å²) in [5.41, 5.74) is 0.779. The van der Waals surface area contributed by atoms with Gasteiger partial charge in [-0.05, 0) is 50.2 Å². The van der Waals surface area contributed by atoms with Crippen LogP contribution in [-0.4, -0.2) is 27.7 Å². The number of carbonyl (C=O) groups is 1. The molecule has 0 saturated heterocycles. The molecule has 4 heteroatoms. The summed E-state index contributed by atoms with van der Waals surface area (Å²) < 4.78 is 2.09. The Morgan fingerprint density at radius 2 is 2.26 bits per heavy atom. The molecule has 0 spiro atoms. The van der Waals surface area contributed by atoms with Crippen molar-refractivity contribution in [3.05, 3.63) is 24.0 Å². The Hall–Kier alpha value is -1.29. The van der Waals surface area contributed by atoms with Gasteiger partial charge in [0.15, 0.2) is 0 Å². The molecule has 1 aromatic heterocycles. The maximum absolute atomic E-state index is 12.4. The summed E-state index contributed by atoms with van der Waals surface area (Å²) in [5.74, 6) is 0.471. The minimum atomic E-state index is -0.161. The van der Waals surface area contributed by atoms with Crippen molar-refractivity contribution in [3.63, 3.8) is 0 Å². The van der Waals surface area contributed by atoms with E-state index in [-0.39, 0.29) is 18.1 Å². The van der Waals surface area contributed by atoms with Crippen LogP contribution < -0.4 is 5.32 Å². The topological polar surface area (TPSA) is 54.3 Å². The third-order valence-corrected chi connectivity index (χ3v) is 4.43. The Balaban J connectivity index is 1.64. The summed E-state index contributed by atoms with van der Waals surface area (Å²) in [6.45, 7) is 2.09. The van der Waals surface area contributed by atoms with Gasteiger partial charge in [0.25, 0.3) is 5.91 Å². The molecule has 0 radical (unpaired) electrons. The lowest BCUT2D eigenvalue weighted by atomic mass is 9.76. The Bertz CT molecular complexity index is 458. The van der Waals surface area contributed by atoms with E-state index in [1.165, 1.54) is 12.8 Å². The standard InChI is InChI=1S/C15H22N2O2/c1-2-13(10-8-12(18)9-10)16-15(19)14-4-3-7-17(14)11-5-6-11/h3-4,7,10-13,18H,2,5-6,8-9H2,1H3,(H,16,19). The van der Waals surface area contributed by atoms with Crippen LogP contribution in [0, 0.1) is 5.92 Å². The van der Waals surface area contributed by atoms with Gasteiger partial charge in [0.2, 0.25) is 0 Å². The summed E-state index contributed by atoms with van der Waals surface area (Å²) in [7, 11) is 0. The minimum absolute atomic E-state index is 0.0325. The van der Waals surface area contributed by atoms with Gasteiger partial charge in [-0.25, -0.2) is 0 Å². The van der Waals surface area contributed by atoms with E-state index in [1.807, 2.05) is 18.3 Å². The predicted molar refractivity (Wildman–Crippen MR) is 73.0 cm³/mol. The number of aromatic nitrogens is 1. The van der Waals surface area contributed by atoms with E-state index >= 15 is 0 Å². The first kappa shape index (κ1) is 12.7. The fraction of sp³-hybridized carbons (Fsp3) is 0.667. The molecule has 0 aromatic carbocycles. The summed E-state index contributed by atoms with van der Waals surface area (Å²) in [4.78, 5) is 12.4. The molecular formula is C15H22N2O2. The lowest BCUT2D eigenvalue weighted by Crippen LogP contribution is -2.47. The molecule has 2 fully saturated rings. The van der Waals surface area contributed by atoms with Gasteiger partial charge in [-0.3, -0.25) is 4.79 Å². The molecule has 0 bridgehead atoms. The number of hydrogen-bond acceptors (Lipinski definition) is 2. The first-order valence-electron chi connectivity index (χ1n) is 7.34. The summed E-state index contributed by atoms with van der Waals surface area (Å²) in [5, 5.41) is 12.5. The number of aliphatic hydroxyl groups is 1. The van der Waals surface area contributed by atoms with Crippen LogP contribution in [0.3, 0.4) is 0 Å². The molecule has 2 saturated carbocycles. The summed E-state index contributed by atoms with van der Waals surface area (Å²) >= 11 is 0. The molecule has 2 aliphatic rings. The second kappa shape index (κ2) is 5.00. The zero-order chi connectivity index (χ0) is 13.4. The number of carbonyl (C=O) groups excluding carboxylic acids is 1. The maximum atomic E-state index is 12.4. The monoisotopic (exact) mass is 262 g/mol. The van der Waals surface area contributed by atoms with Crippen molar-refractivity contribution >= 4 is 5.91 Å². The van der Waals surface area contributed by atoms with Crippen LogP contribution in [0.25, 0.3) is 0 Å². The van der Waals surface area contributed by atoms with Gasteiger partial charge in [-0.2, -0.15) is 0 Å². The predicted octanol–water partition coefficient (Wildman–Crippen LogP) is 2.10. The Labute approximate surface area is 113 Å². The van der Waals surface area contributed by atoms with Crippen LogP contribution >= 0.6 is 0 Å². The van der Waals surface area contributed by atoms with Gasteiger partial charge in [0.1, 0.15) is 5.69 Å². The average Bonchev–Trinajstić information content (AvgIpc) is 3.09. The quantitative estimate of drug-likeness (QED) is 0.854. The maximum Gasteiger partial charge on any atom is 0.268 e. The molecular weight excluding hydrogens is 240 g/mol. The molecule has 104 valence electrons. The largest absolute Gasteiger partial charge is 0.393 e. The van der Waals surface area contributed by atoms with E-state index in [9.17, 15) is 9.90 Å². The number of nitrogens with zero attached hydrogens (tertiary/aromatic N) is 1. The van der Waals surface area contributed by atoms with E-state index < -0.39 is 0 Å². The summed E-state index contributed by atoms with van der Waals surface area (Å²) in [6, 6.07) is 4.57. The van der Waals surface area contributed by atoms with E-state index in [4.69, 9.17) is 0 Å². The minimum Gasteiger partial charge on any atom is -0.393 e. The highest BCUT2D eigenvalue weighted by Gasteiger charge is 2.34. The number of aliphatic hydroxyl groups excluding tert-OH is 1. The smallest absolute Gasteiger partial charge is 0.268 e. The van der Waals surface area contributed by atoms with Crippen LogP contribution in [-0.2, 0) is 0 Å². The van der Waals surface area contributed by atoms with Crippen LogP contribution in [0.2, 0.25) is 0 Å². The number of rotatable bonds is 5. The van der Waals surface area contributed by atoms with Crippen LogP contribution in [0.15, 0.2) is 18.3 Å². The highest BCUT2D eigenvalue weighted by Crippen LogP contribution is 2.36. The van der Waals surface area contributed by atoms with Crippen molar-refractivity contribution < 1.29 is 9.90 Å². The van der Waals surface area contributed by atoms with Gasteiger partial charge in [0.05, 0.1) is 6.10 Å². The molecule has 1 atom stereocenters. The van der Waals surface area contributed by atoms with Gasteiger partial charge < -0.3 is 15.0 Å². The zero-order valence-corrected chi connectivity index (χ0v) is 11.4. The third-order valence-electron chi connectivity index (χ3n) is 4.43. The van der Waals surface area contributed by atoms with Crippen molar-refractivity contribution in [2.75, 3.05) is 0 Å². The molecule has 2 N–H and O–H groups in total. The first-order valence-corrected chi connectivity index (χ1v) is 7.34. The average molecular weight is 262 g/mol. The summed E-state index contributed by atoms with van der Waals surface area (Å²) in [6.07, 6.45) is 6.77. The van der Waals surface area contributed by atoms with E-state index in [0.29, 0.717) is 12.0 Å². The van der Waals surface area contributed by atoms with Crippen LogP contribution in [0.1, 0.15) is 55.6 Å². The normalized spacial score (nSPS) is 27.7. The lowest BCUT2D eigenvalue weighted by Gasteiger charge is -2.37. The van der Waals surface area contributed by atoms with E-state index in [1.54, 1.807) is 0 Å². The highest BCUT2D eigenvalue weighted by atomic mass is 16.3. The zero-order valence-electron chi connectivity index (χ0n) is 11.4. The fourth-order valence-corrected chi connectivity index (χ4v) is 3.01. The second-order valence-electron chi connectivity index (χ2n) is 5.91. The van der Waals surface area contributed by atoms with Crippen LogP contribution in [0.5, 0.6) is 0 Å². The first-order chi connectivity index (χ1) is 9.19. The van der Waals surface area contributed by atoms with Crippen molar-refractivity contribution in [3.8, 4) is 0 Å². The van der Waals surface area contributed by atoms with Gasteiger partial charge >= 0.3 is 0 Å².